The van der Waals surface area contributed by atoms with Crippen LogP contribution in [0.3, 0.4) is 0 Å². The Labute approximate surface area is 169 Å². The topological polar surface area (TPSA) is 76.2 Å². The summed E-state index contributed by atoms with van der Waals surface area (Å²) in [4.78, 5) is 14.2. The van der Waals surface area contributed by atoms with Crippen molar-refractivity contribution in [2.75, 3.05) is 32.9 Å². The molecule has 1 amide bonds. The van der Waals surface area contributed by atoms with E-state index >= 15 is 0 Å². The Morgan fingerprint density at radius 3 is 2.71 bits per heavy atom. The normalized spacial score (nSPS) is 11.1. The van der Waals surface area contributed by atoms with Gasteiger partial charge in [0.1, 0.15) is 0 Å². The van der Waals surface area contributed by atoms with E-state index in [1.807, 2.05) is 49.0 Å². The first kappa shape index (κ1) is 20.2. The largest absolute Gasteiger partial charge is 0.461 e. The van der Waals surface area contributed by atoms with Crippen LogP contribution in [0.1, 0.15) is 12.0 Å². The molecule has 0 saturated heterocycles. The molecule has 1 aromatic carbocycles. The molecule has 28 heavy (non-hydrogen) atoms. The van der Waals surface area contributed by atoms with Gasteiger partial charge < -0.3 is 14.6 Å². The van der Waals surface area contributed by atoms with Gasteiger partial charge in [0.15, 0.2) is 10.9 Å². The number of carbonyl (C=O) groups excluding carboxylic acids is 1. The first-order chi connectivity index (χ1) is 13.6. The van der Waals surface area contributed by atoms with E-state index in [9.17, 15) is 4.79 Å². The lowest BCUT2D eigenvalue weighted by Gasteiger charge is -2.11. The molecule has 3 aromatic rings. The summed E-state index contributed by atoms with van der Waals surface area (Å²) in [5.41, 5.74) is 1.13. The second-order valence-corrected chi connectivity index (χ2v) is 7.59. The van der Waals surface area contributed by atoms with E-state index < -0.39 is 0 Å². The molecule has 2 aromatic heterocycles. The van der Waals surface area contributed by atoms with Crippen LogP contribution in [-0.2, 0) is 11.3 Å². The Morgan fingerprint density at radius 2 is 2.00 bits per heavy atom. The maximum absolute atomic E-state index is 12.1. The highest BCUT2D eigenvalue weighted by molar-refractivity contribution is 7.99. The fourth-order valence-electron chi connectivity index (χ4n) is 2.70. The van der Waals surface area contributed by atoms with E-state index in [4.69, 9.17) is 4.42 Å². The van der Waals surface area contributed by atoms with E-state index in [1.54, 1.807) is 6.26 Å². The molecule has 0 radical (unpaired) electrons. The molecule has 1 N–H and O–H groups in total. The lowest BCUT2D eigenvalue weighted by Crippen LogP contribution is -2.28. The van der Waals surface area contributed by atoms with Crippen molar-refractivity contribution in [3.63, 3.8) is 0 Å². The van der Waals surface area contributed by atoms with Gasteiger partial charge in [0.2, 0.25) is 11.7 Å². The molecule has 148 valence electrons. The number of hydrogen-bond acceptors (Lipinski definition) is 6. The van der Waals surface area contributed by atoms with Gasteiger partial charge >= 0.3 is 0 Å². The second-order valence-electron chi connectivity index (χ2n) is 6.65. The van der Waals surface area contributed by atoms with Crippen molar-refractivity contribution in [2.45, 2.75) is 18.1 Å². The average Bonchev–Trinajstić information content (AvgIpc) is 3.34. The van der Waals surface area contributed by atoms with Crippen LogP contribution < -0.4 is 5.32 Å². The molecular formula is C20H25N5O2S. The van der Waals surface area contributed by atoms with E-state index in [0.717, 1.165) is 18.5 Å². The van der Waals surface area contributed by atoms with Crippen LogP contribution in [-0.4, -0.2) is 58.5 Å². The van der Waals surface area contributed by atoms with Crippen molar-refractivity contribution >= 4 is 17.7 Å². The number of amides is 1. The second kappa shape index (κ2) is 10.1. The smallest absolute Gasteiger partial charge is 0.230 e. The Kier molecular flexibility index (Phi) is 7.27. The molecule has 0 saturated carbocycles. The first-order valence-electron chi connectivity index (χ1n) is 9.18. The predicted octanol–water partition coefficient (Wildman–Crippen LogP) is 2.75. The molecule has 0 spiro atoms. The summed E-state index contributed by atoms with van der Waals surface area (Å²) in [5.74, 6) is 1.61. The summed E-state index contributed by atoms with van der Waals surface area (Å²) in [7, 11) is 4.04. The first-order valence-corrected chi connectivity index (χ1v) is 10.2. The van der Waals surface area contributed by atoms with Gasteiger partial charge in [-0.15, -0.1) is 10.2 Å². The van der Waals surface area contributed by atoms with Gasteiger partial charge in [0.05, 0.1) is 18.6 Å². The molecule has 0 atom stereocenters. The Hall–Kier alpha value is -2.58. The van der Waals surface area contributed by atoms with Crippen LogP contribution in [0.2, 0.25) is 0 Å². The minimum atomic E-state index is -0.00225. The third-order valence-corrected chi connectivity index (χ3v) is 5.05. The monoisotopic (exact) mass is 399 g/mol. The Bertz CT molecular complexity index is 862. The van der Waals surface area contributed by atoms with Crippen LogP contribution in [0, 0.1) is 0 Å². The summed E-state index contributed by atoms with van der Waals surface area (Å²) in [6, 6.07) is 13.8. The summed E-state index contributed by atoms with van der Waals surface area (Å²) in [5, 5.41) is 12.2. The van der Waals surface area contributed by atoms with Gasteiger partial charge in [-0.1, -0.05) is 42.1 Å². The fourth-order valence-corrected chi connectivity index (χ4v) is 3.46. The maximum atomic E-state index is 12.1. The highest BCUT2D eigenvalue weighted by Crippen LogP contribution is 2.25. The highest BCUT2D eigenvalue weighted by atomic mass is 32.2. The molecule has 2 heterocycles. The lowest BCUT2D eigenvalue weighted by atomic mass is 10.2. The molecule has 0 aliphatic carbocycles. The number of aromatic nitrogens is 3. The number of carbonyl (C=O) groups is 1. The number of nitrogens with zero attached hydrogens (tertiary/aromatic N) is 4. The van der Waals surface area contributed by atoms with Gasteiger partial charge in [-0.2, -0.15) is 0 Å². The third kappa shape index (κ3) is 5.71. The van der Waals surface area contributed by atoms with E-state index in [1.165, 1.54) is 11.8 Å². The zero-order valence-electron chi connectivity index (χ0n) is 16.2. The van der Waals surface area contributed by atoms with Gasteiger partial charge in [0.25, 0.3) is 0 Å². The Morgan fingerprint density at radius 1 is 1.18 bits per heavy atom. The third-order valence-electron chi connectivity index (χ3n) is 4.08. The van der Waals surface area contributed by atoms with Gasteiger partial charge in [-0.25, -0.2) is 0 Å². The molecule has 3 rings (SSSR count). The SMILES string of the molecule is CN(C)CCCNC(=O)CSc1nnc(-c2ccco2)n1Cc1ccccc1. The summed E-state index contributed by atoms with van der Waals surface area (Å²) in [6.45, 7) is 2.23. The van der Waals surface area contributed by atoms with Crippen molar-refractivity contribution < 1.29 is 9.21 Å². The van der Waals surface area contributed by atoms with Gasteiger partial charge in [0, 0.05) is 6.54 Å². The average molecular weight is 400 g/mol. The van der Waals surface area contributed by atoms with Crippen molar-refractivity contribution in [3.8, 4) is 11.6 Å². The molecular weight excluding hydrogens is 374 g/mol. The predicted molar refractivity (Wildman–Crippen MR) is 110 cm³/mol. The van der Waals surface area contributed by atoms with Crippen LogP contribution in [0.25, 0.3) is 11.6 Å². The fraction of sp³-hybridized carbons (Fsp3) is 0.350. The van der Waals surface area contributed by atoms with Crippen LogP contribution in [0.15, 0.2) is 58.3 Å². The molecule has 8 heteroatoms. The zero-order chi connectivity index (χ0) is 19.8. The number of nitrogens with one attached hydrogen (secondary N) is 1. The number of rotatable bonds is 10. The minimum Gasteiger partial charge on any atom is -0.461 e. The summed E-state index contributed by atoms with van der Waals surface area (Å²) >= 11 is 1.38. The molecule has 0 aliphatic rings. The molecule has 0 fully saturated rings. The molecule has 0 bridgehead atoms. The summed E-state index contributed by atoms with van der Waals surface area (Å²) < 4.78 is 7.49. The zero-order valence-corrected chi connectivity index (χ0v) is 17.0. The quantitative estimate of drug-likeness (QED) is 0.417. The minimum absolute atomic E-state index is 0.00225. The standard InChI is InChI=1S/C20H25N5O2S/c1-24(2)12-7-11-21-18(26)15-28-20-23-22-19(17-10-6-13-27-17)25(20)14-16-8-4-3-5-9-16/h3-6,8-10,13H,7,11-12,14-15H2,1-2H3,(H,21,26). The molecule has 7 nitrogen and oxygen atoms in total. The summed E-state index contributed by atoms with van der Waals surface area (Å²) in [6.07, 6.45) is 2.54. The molecule has 0 unspecified atom stereocenters. The highest BCUT2D eigenvalue weighted by Gasteiger charge is 2.17. The van der Waals surface area contributed by atoms with Crippen molar-refractivity contribution in [1.82, 2.24) is 25.0 Å². The van der Waals surface area contributed by atoms with Crippen LogP contribution in [0.5, 0.6) is 0 Å². The lowest BCUT2D eigenvalue weighted by molar-refractivity contribution is -0.118. The van der Waals surface area contributed by atoms with Crippen LogP contribution >= 0.6 is 11.8 Å². The van der Waals surface area contributed by atoms with E-state index in [-0.39, 0.29) is 5.91 Å². The maximum Gasteiger partial charge on any atom is 0.230 e. The van der Waals surface area contributed by atoms with Crippen molar-refractivity contribution in [1.29, 1.82) is 0 Å². The number of furan rings is 1. The van der Waals surface area contributed by atoms with Crippen molar-refractivity contribution in [2.24, 2.45) is 0 Å². The van der Waals surface area contributed by atoms with E-state index in [2.05, 4.69) is 32.5 Å². The Balaban J connectivity index is 1.66. The number of hydrogen-bond donors (Lipinski definition) is 1. The van der Waals surface area contributed by atoms with Crippen molar-refractivity contribution in [3.05, 3.63) is 54.3 Å². The van der Waals surface area contributed by atoms with Gasteiger partial charge in [-0.3, -0.25) is 9.36 Å². The van der Waals surface area contributed by atoms with Gasteiger partial charge in [-0.05, 0) is 44.8 Å². The number of benzene rings is 1. The van der Waals surface area contributed by atoms with E-state index in [0.29, 0.717) is 35.6 Å². The number of thioether (sulfide) groups is 1. The molecule has 0 aliphatic heterocycles. The van der Waals surface area contributed by atoms with Crippen LogP contribution in [0.4, 0.5) is 0 Å².